The SMILES string of the molecule is Cc1ccc(NC(=O)C2CCN(C(=O)c3cc(-c4cccnc4)n[nH]3)CC2)c(C)c1. The van der Waals surface area contributed by atoms with Crippen molar-refractivity contribution in [3.8, 4) is 11.3 Å². The summed E-state index contributed by atoms with van der Waals surface area (Å²) in [7, 11) is 0. The highest BCUT2D eigenvalue weighted by Gasteiger charge is 2.28. The Hall–Kier alpha value is -3.48. The third-order valence-electron chi connectivity index (χ3n) is 5.56. The molecule has 1 aliphatic heterocycles. The summed E-state index contributed by atoms with van der Waals surface area (Å²) in [5.41, 5.74) is 5.07. The van der Waals surface area contributed by atoms with Crippen LogP contribution < -0.4 is 5.32 Å². The van der Waals surface area contributed by atoms with Crippen molar-refractivity contribution in [2.24, 2.45) is 5.92 Å². The highest BCUT2D eigenvalue weighted by Crippen LogP contribution is 2.23. The van der Waals surface area contributed by atoms with E-state index in [1.165, 1.54) is 5.56 Å². The van der Waals surface area contributed by atoms with E-state index in [-0.39, 0.29) is 17.7 Å². The molecule has 1 aromatic carbocycles. The smallest absolute Gasteiger partial charge is 0.271 e. The first-order valence-electron chi connectivity index (χ1n) is 10.1. The zero-order valence-electron chi connectivity index (χ0n) is 17.2. The first-order chi connectivity index (χ1) is 14.5. The monoisotopic (exact) mass is 403 g/mol. The van der Waals surface area contributed by atoms with Gasteiger partial charge >= 0.3 is 0 Å². The number of aryl methyl sites for hydroxylation is 2. The Bertz CT molecular complexity index is 1050. The van der Waals surface area contributed by atoms with Gasteiger partial charge in [-0.2, -0.15) is 5.10 Å². The number of nitrogens with one attached hydrogen (secondary N) is 2. The van der Waals surface area contributed by atoms with Crippen molar-refractivity contribution in [1.29, 1.82) is 0 Å². The second kappa shape index (κ2) is 8.49. The second-order valence-electron chi connectivity index (χ2n) is 7.78. The molecule has 154 valence electrons. The van der Waals surface area contributed by atoms with Crippen LogP contribution in [0.25, 0.3) is 11.3 Å². The Balaban J connectivity index is 1.34. The highest BCUT2D eigenvalue weighted by atomic mass is 16.2. The number of pyridine rings is 1. The lowest BCUT2D eigenvalue weighted by Crippen LogP contribution is -2.41. The van der Waals surface area contributed by atoms with Crippen molar-refractivity contribution in [3.63, 3.8) is 0 Å². The first-order valence-corrected chi connectivity index (χ1v) is 10.1. The zero-order chi connectivity index (χ0) is 21.1. The van der Waals surface area contributed by atoms with Crippen LogP contribution in [0.4, 0.5) is 5.69 Å². The number of nitrogens with zero attached hydrogens (tertiary/aromatic N) is 3. The van der Waals surface area contributed by atoms with Crippen LogP contribution in [0.2, 0.25) is 0 Å². The molecule has 4 rings (SSSR count). The van der Waals surface area contributed by atoms with Crippen LogP contribution in [0.1, 0.15) is 34.5 Å². The zero-order valence-corrected chi connectivity index (χ0v) is 17.2. The fourth-order valence-electron chi connectivity index (χ4n) is 3.80. The lowest BCUT2D eigenvalue weighted by atomic mass is 9.95. The standard InChI is InChI=1S/C23H25N5O2/c1-15-5-6-19(16(2)12-15)25-22(29)17-7-10-28(11-8-17)23(30)21-13-20(26-27-21)18-4-3-9-24-14-18/h3-6,9,12-14,17H,7-8,10-11H2,1-2H3,(H,25,29)(H,26,27). The Labute approximate surface area is 175 Å². The molecule has 0 bridgehead atoms. The van der Waals surface area contributed by atoms with Crippen molar-refractivity contribution in [3.05, 3.63) is 65.6 Å². The highest BCUT2D eigenvalue weighted by molar-refractivity contribution is 5.95. The largest absolute Gasteiger partial charge is 0.337 e. The van der Waals surface area contributed by atoms with E-state index in [0.717, 1.165) is 16.8 Å². The second-order valence-corrected chi connectivity index (χ2v) is 7.78. The Morgan fingerprint density at radius 2 is 1.93 bits per heavy atom. The minimum Gasteiger partial charge on any atom is -0.337 e. The van der Waals surface area contributed by atoms with Gasteiger partial charge in [0.05, 0.1) is 5.69 Å². The number of piperidine rings is 1. The van der Waals surface area contributed by atoms with Gasteiger partial charge in [0.15, 0.2) is 0 Å². The molecule has 1 saturated heterocycles. The van der Waals surface area contributed by atoms with Crippen LogP contribution in [-0.4, -0.2) is 45.0 Å². The van der Waals surface area contributed by atoms with Crippen molar-refractivity contribution >= 4 is 17.5 Å². The van der Waals surface area contributed by atoms with Crippen LogP contribution in [-0.2, 0) is 4.79 Å². The third kappa shape index (κ3) is 4.25. The average Bonchev–Trinajstić information content (AvgIpc) is 3.26. The number of anilines is 1. The van der Waals surface area contributed by atoms with Crippen molar-refractivity contribution < 1.29 is 9.59 Å². The molecule has 2 aromatic heterocycles. The molecular formula is C23H25N5O2. The summed E-state index contributed by atoms with van der Waals surface area (Å²) in [5, 5.41) is 10.1. The van der Waals surface area contributed by atoms with Crippen molar-refractivity contribution in [1.82, 2.24) is 20.1 Å². The van der Waals surface area contributed by atoms with Crippen LogP contribution >= 0.6 is 0 Å². The van der Waals surface area contributed by atoms with Crippen LogP contribution in [0, 0.1) is 19.8 Å². The number of likely N-dealkylation sites (tertiary alicyclic amines) is 1. The van der Waals surface area contributed by atoms with Crippen molar-refractivity contribution in [2.45, 2.75) is 26.7 Å². The topological polar surface area (TPSA) is 91.0 Å². The van der Waals surface area contributed by atoms with Crippen LogP contribution in [0.5, 0.6) is 0 Å². The minimum atomic E-state index is -0.0949. The number of carbonyl (C=O) groups is 2. The number of rotatable bonds is 4. The number of hydrogen-bond acceptors (Lipinski definition) is 4. The van der Waals surface area contributed by atoms with Gasteiger partial charge in [0.1, 0.15) is 5.69 Å². The summed E-state index contributed by atoms with van der Waals surface area (Å²) in [6.45, 7) is 5.12. The summed E-state index contributed by atoms with van der Waals surface area (Å²) in [5.74, 6) is -0.164. The van der Waals surface area contributed by atoms with E-state index in [9.17, 15) is 9.59 Å². The summed E-state index contributed by atoms with van der Waals surface area (Å²) < 4.78 is 0. The van der Waals surface area contributed by atoms with Crippen LogP contribution in [0.3, 0.4) is 0 Å². The predicted molar refractivity (Wildman–Crippen MR) is 115 cm³/mol. The predicted octanol–water partition coefficient (Wildman–Crippen LogP) is 3.58. The van der Waals surface area contributed by atoms with E-state index in [2.05, 4.69) is 26.6 Å². The molecule has 2 amide bonds. The van der Waals surface area contributed by atoms with Crippen molar-refractivity contribution in [2.75, 3.05) is 18.4 Å². The normalized spacial score (nSPS) is 14.5. The molecule has 2 N–H and O–H groups in total. The number of aromatic amines is 1. The molecule has 0 unspecified atom stereocenters. The number of benzene rings is 1. The molecule has 0 aliphatic carbocycles. The molecule has 7 heteroatoms. The van der Waals surface area contributed by atoms with Crippen LogP contribution in [0.15, 0.2) is 48.8 Å². The Kier molecular flexibility index (Phi) is 5.61. The molecule has 0 radical (unpaired) electrons. The van der Waals surface area contributed by atoms with E-state index in [0.29, 0.717) is 37.3 Å². The summed E-state index contributed by atoms with van der Waals surface area (Å²) >= 11 is 0. The maximum absolute atomic E-state index is 12.8. The van der Waals surface area contributed by atoms with Gasteiger partial charge in [-0.1, -0.05) is 17.7 Å². The molecule has 3 aromatic rings. The van der Waals surface area contributed by atoms with Gasteiger partial charge in [-0.15, -0.1) is 0 Å². The molecule has 0 saturated carbocycles. The lowest BCUT2D eigenvalue weighted by Gasteiger charge is -2.31. The summed E-state index contributed by atoms with van der Waals surface area (Å²) in [4.78, 5) is 31.4. The molecule has 7 nitrogen and oxygen atoms in total. The molecule has 0 spiro atoms. The van der Waals surface area contributed by atoms with E-state index in [4.69, 9.17) is 0 Å². The number of carbonyl (C=O) groups excluding carboxylic acids is 2. The molecule has 30 heavy (non-hydrogen) atoms. The van der Waals surface area contributed by atoms with Gasteiger partial charge in [-0.3, -0.25) is 19.7 Å². The average molecular weight is 403 g/mol. The Morgan fingerprint density at radius 3 is 2.63 bits per heavy atom. The summed E-state index contributed by atoms with van der Waals surface area (Å²) in [6.07, 6.45) is 4.70. The molecule has 1 aliphatic rings. The molecule has 0 atom stereocenters. The lowest BCUT2D eigenvalue weighted by molar-refractivity contribution is -0.121. The fourth-order valence-corrected chi connectivity index (χ4v) is 3.80. The number of hydrogen-bond donors (Lipinski definition) is 2. The van der Waals surface area contributed by atoms with E-state index in [1.54, 1.807) is 23.4 Å². The summed E-state index contributed by atoms with van der Waals surface area (Å²) in [6, 6.07) is 11.5. The van der Waals surface area contributed by atoms with Gasteiger partial charge in [-0.05, 0) is 56.5 Å². The van der Waals surface area contributed by atoms with Gasteiger partial charge in [0, 0.05) is 42.7 Å². The Morgan fingerprint density at radius 1 is 1.13 bits per heavy atom. The maximum Gasteiger partial charge on any atom is 0.271 e. The molecule has 3 heterocycles. The maximum atomic E-state index is 12.8. The number of aromatic nitrogens is 3. The van der Waals surface area contributed by atoms with E-state index in [1.807, 2.05) is 38.1 Å². The van der Waals surface area contributed by atoms with Gasteiger partial charge in [-0.25, -0.2) is 0 Å². The van der Waals surface area contributed by atoms with Gasteiger partial charge in [0.25, 0.3) is 5.91 Å². The number of amides is 2. The molecular weight excluding hydrogens is 378 g/mol. The van der Waals surface area contributed by atoms with Gasteiger partial charge in [0.2, 0.25) is 5.91 Å². The molecule has 1 fully saturated rings. The fraction of sp³-hybridized carbons (Fsp3) is 0.304. The van der Waals surface area contributed by atoms with E-state index >= 15 is 0 Å². The third-order valence-corrected chi connectivity index (χ3v) is 5.56. The minimum absolute atomic E-state index is 0.0226. The van der Waals surface area contributed by atoms with Gasteiger partial charge < -0.3 is 10.2 Å². The number of H-pyrrole nitrogens is 1. The van der Waals surface area contributed by atoms with E-state index < -0.39 is 0 Å². The quantitative estimate of drug-likeness (QED) is 0.697. The first kappa shape index (κ1) is 19.8.